The van der Waals surface area contributed by atoms with Crippen LogP contribution in [0.2, 0.25) is 0 Å². The minimum Gasteiger partial charge on any atom is -0.480 e. The van der Waals surface area contributed by atoms with Gasteiger partial charge in [-0.05, 0) is 32.9 Å². The number of carboxylic acid groups (broad SMARTS) is 1. The summed E-state index contributed by atoms with van der Waals surface area (Å²) in [7, 11) is 1.43. The highest BCUT2D eigenvalue weighted by molar-refractivity contribution is 5.87. The van der Waals surface area contributed by atoms with Gasteiger partial charge in [-0.1, -0.05) is 12.1 Å². The van der Waals surface area contributed by atoms with E-state index >= 15 is 0 Å². The number of aliphatic carboxylic acids is 1. The molecule has 0 saturated heterocycles. The Morgan fingerprint density at radius 3 is 2.17 bits per heavy atom. The normalized spacial score (nSPS) is 11.7. The van der Waals surface area contributed by atoms with Gasteiger partial charge in [-0.25, -0.2) is 9.59 Å². The highest BCUT2D eigenvalue weighted by Crippen LogP contribution is 2.16. The van der Waals surface area contributed by atoms with Crippen molar-refractivity contribution in [3.63, 3.8) is 0 Å². The van der Waals surface area contributed by atoms with E-state index in [2.05, 4.69) is 0 Å². The lowest BCUT2D eigenvalue weighted by Gasteiger charge is -2.31. The second-order valence-electron chi connectivity index (χ2n) is 5.92. The highest BCUT2D eigenvalue weighted by atomic mass is 16.4. The Hall–Kier alpha value is -2.57. The molecule has 7 nitrogen and oxygen atoms in total. The number of likely N-dealkylation sites (N-methyl/N-ethyl adjacent to an activating group) is 1. The SMILES string of the molecule is CCn1c(=O)n(CC(=O)N(C)C(C)(C)C(=O)O)c2ccccc21. The first kappa shape index (κ1) is 16.8. The van der Waals surface area contributed by atoms with Crippen molar-refractivity contribution in [2.45, 2.75) is 39.4 Å². The molecule has 0 aliphatic heterocycles. The summed E-state index contributed by atoms with van der Waals surface area (Å²) in [4.78, 5) is 37.4. The molecule has 0 fully saturated rings. The van der Waals surface area contributed by atoms with Gasteiger partial charge in [-0.3, -0.25) is 13.9 Å². The van der Waals surface area contributed by atoms with Crippen molar-refractivity contribution < 1.29 is 14.7 Å². The summed E-state index contributed by atoms with van der Waals surface area (Å²) in [5.41, 5.74) is -0.199. The highest BCUT2D eigenvalue weighted by Gasteiger charge is 2.35. The maximum absolute atomic E-state index is 12.5. The molecule has 0 atom stereocenters. The van der Waals surface area contributed by atoms with Crippen LogP contribution in [0.15, 0.2) is 29.1 Å². The van der Waals surface area contributed by atoms with Crippen molar-refractivity contribution in [3.05, 3.63) is 34.7 Å². The largest absolute Gasteiger partial charge is 0.480 e. The van der Waals surface area contributed by atoms with Crippen LogP contribution in [0.1, 0.15) is 20.8 Å². The second kappa shape index (κ2) is 5.91. The van der Waals surface area contributed by atoms with Crippen LogP contribution in [-0.4, -0.2) is 43.6 Å². The molecule has 0 spiro atoms. The standard InChI is InChI=1S/C16H21N3O4/c1-5-18-11-8-6-7-9-12(11)19(15(18)23)10-13(20)17(4)16(2,3)14(21)22/h6-9H,5,10H2,1-4H3,(H,21,22). The van der Waals surface area contributed by atoms with E-state index < -0.39 is 17.4 Å². The zero-order valence-corrected chi connectivity index (χ0v) is 13.7. The first-order valence-corrected chi connectivity index (χ1v) is 7.40. The van der Waals surface area contributed by atoms with Crippen LogP contribution >= 0.6 is 0 Å². The summed E-state index contributed by atoms with van der Waals surface area (Å²) < 4.78 is 2.97. The number of para-hydroxylation sites is 2. The summed E-state index contributed by atoms with van der Waals surface area (Å²) in [5.74, 6) is -1.53. The topological polar surface area (TPSA) is 84.5 Å². The molecule has 0 aliphatic carbocycles. The van der Waals surface area contributed by atoms with Gasteiger partial charge in [-0.2, -0.15) is 0 Å². The fourth-order valence-corrected chi connectivity index (χ4v) is 2.43. The Morgan fingerprint density at radius 2 is 1.70 bits per heavy atom. The van der Waals surface area contributed by atoms with E-state index in [-0.39, 0.29) is 12.2 Å². The maximum atomic E-state index is 12.5. The van der Waals surface area contributed by atoms with Gasteiger partial charge < -0.3 is 10.0 Å². The van der Waals surface area contributed by atoms with E-state index in [9.17, 15) is 19.5 Å². The van der Waals surface area contributed by atoms with Crippen LogP contribution in [-0.2, 0) is 22.7 Å². The van der Waals surface area contributed by atoms with Crippen LogP contribution in [0.5, 0.6) is 0 Å². The molecule has 1 aromatic heterocycles. The Morgan fingerprint density at radius 1 is 1.17 bits per heavy atom. The molecule has 7 heteroatoms. The van der Waals surface area contributed by atoms with Gasteiger partial charge in [0.25, 0.3) is 0 Å². The molecule has 2 aromatic rings. The minimum atomic E-state index is -1.34. The van der Waals surface area contributed by atoms with Gasteiger partial charge in [0.2, 0.25) is 5.91 Å². The summed E-state index contributed by atoms with van der Waals surface area (Å²) in [5, 5.41) is 9.23. The molecule has 0 saturated carbocycles. The fraction of sp³-hybridized carbons (Fsp3) is 0.438. The molecule has 1 heterocycles. The van der Waals surface area contributed by atoms with Gasteiger partial charge in [-0.15, -0.1) is 0 Å². The first-order chi connectivity index (χ1) is 10.7. The number of carbonyl (C=O) groups is 2. The van der Waals surface area contributed by atoms with Crippen molar-refractivity contribution in [3.8, 4) is 0 Å². The molecular formula is C16H21N3O4. The van der Waals surface area contributed by atoms with Crippen molar-refractivity contribution >= 4 is 22.9 Å². The number of aromatic nitrogens is 2. The molecule has 23 heavy (non-hydrogen) atoms. The third-order valence-electron chi connectivity index (χ3n) is 4.27. The Bertz CT molecular complexity index is 816. The molecule has 0 bridgehead atoms. The van der Waals surface area contributed by atoms with E-state index in [1.54, 1.807) is 16.7 Å². The maximum Gasteiger partial charge on any atom is 0.329 e. The molecule has 1 aromatic carbocycles. The number of imidazole rings is 1. The van der Waals surface area contributed by atoms with E-state index in [1.165, 1.54) is 25.5 Å². The van der Waals surface area contributed by atoms with E-state index in [0.717, 1.165) is 10.4 Å². The second-order valence-corrected chi connectivity index (χ2v) is 5.92. The van der Waals surface area contributed by atoms with Crippen molar-refractivity contribution in [2.75, 3.05) is 7.05 Å². The Kier molecular flexibility index (Phi) is 4.31. The number of hydrogen-bond acceptors (Lipinski definition) is 3. The number of amides is 1. The lowest BCUT2D eigenvalue weighted by molar-refractivity contribution is -0.155. The van der Waals surface area contributed by atoms with Gasteiger partial charge in [0.15, 0.2) is 0 Å². The molecular weight excluding hydrogens is 298 g/mol. The fourth-order valence-electron chi connectivity index (χ4n) is 2.43. The Labute approximate surface area is 133 Å². The lowest BCUT2D eigenvalue weighted by Crippen LogP contribution is -2.52. The number of aryl methyl sites for hydroxylation is 1. The minimum absolute atomic E-state index is 0.195. The van der Waals surface area contributed by atoms with Crippen molar-refractivity contribution in [2.24, 2.45) is 0 Å². The average Bonchev–Trinajstić information content (AvgIpc) is 2.78. The van der Waals surface area contributed by atoms with Crippen LogP contribution in [0.25, 0.3) is 11.0 Å². The molecule has 124 valence electrons. The number of benzene rings is 1. The number of rotatable bonds is 5. The van der Waals surface area contributed by atoms with Gasteiger partial charge >= 0.3 is 11.7 Å². The number of carboxylic acids is 1. The van der Waals surface area contributed by atoms with Gasteiger partial charge in [0.1, 0.15) is 12.1 Å². The van der Waals surface area contributed by atoms with E-state index in [0.29, 0.717) is 12.1 Å². The monoisotopic (exact) mass is 319 g/mol. The predicted octanol–water partition coefficient (Wildman–Crippen LogP) is 1.14. The zero-order valence-electron chi connectivity index (χ0n) is 13.7. The van der Waals surface area contributed by atoms with Gasteiger partial charge in [0.05, 0.1) is 11.0 Å². The summed E-state index contributed by atoms with van der Waals surface area (Å²) in [6.07, 6.45) is 0. The van der Waals surface area contributed by atoms with Crippen LogP contribution < -0.4 is 5.69 Å². The number of nitrogens with zero attached hydrogens (tertiary/aromatic N) is 3. The smallest absolute Gasteiger partial charge is 0.329 e. The van der Waals surface area contributed by atoms with Gasteiger partial charge in [0, 0.05) is 13.6 Å². The molecule has 0 aliphatic rings. The van der Waals surface area contributed by atoms with E-state index in [1.807, 2.05) is 19.1 Å². The van der Waals surface area contributed by atoms with Crippen molar-refractivity contribution in [1.82, 2.24) is 14.0 Å². The summed E-state index contributed by atoms with van der Waals surface area (Å²) in [6, 6.07) is 7.23. The summed E-state index contributed by atoms with van der Waals surface area (Å²) in [6.45, 7) is 5.06. The average molecular weight is 319 g/mol. The Balaban J connectivity index is 2.43. The van der Waals surface area contributed by atoms with Crippen LogP contribution in [0, 0.1) is 0 Å². The molecule has 0 radical (unpaired) electrons. The number of hydrogen-bond donors (Lipinski definition) is 1. The first-order valence-electron chi connectivity index (χ1n) is 7.40. The lowest BCUT2D eigenvalue weighted by atomic mass is 10.0. The molecule has 2 rings (SSSR count). The number of carbonyl (C=O) groups excluding carboxylic acids is 1. The summed E-state index contributed by atoms with van der Waals surface area (Å²) >= 11 is 0. The quantitative estimate of drug-likeness (QED) is 0.896. The van der Waals surface area contributed by atoms with E-state index in [4.69, 9.17) is 0 Å². The zero-order chi connectivity index (χ0) is 17.4. The molecule has 1 N–H and O–H groups in total. The van der Waals surface area contributed by atoms with Crippen LogP contribution in [0.4, 0.5) is 0 Å². The van der Waals surface area contributed by atoms with Crippen molar-refractivity contribution in [1.29, 1.82) is 0 Å². The third-order valence-corrected chi connectivity index (χ3v) is 4.27. The third kappa shape index (κ3) is 2.74. The number of fused-ring (bicyclic) bond motifs is 1. The molecule has 1 amide bonds. The molecule has 0 unspecified atom stereocenters. The predicted molar refractivity (Wildman–Crippen MR) is 86.4 cm³/mol. The van der Waals surface area contributed by atoms with Crippen LogP contribution in [0.3, 0.4) is 0 Å².